The van der Waals surface area contributed by atoms with E-state index in [0.29, 0.717) is 18.1 Å². The molecule has 176 valence electrons. The molecule has 3 aromatic rings. The quantitative estimate of drug-likeness (QED) is 0.534. The number of aromatic nitrogens is 2. The SMILES string of the molecule is CCN(CC)CCN(C)C(=O)c1ccc(Nc2ncc3c(n2)-c2ccccc2NC(=O)C3)cc1. The first kappa shape index (κ1) is 23.4. The highest BCUT2D eigenvalue weighted by Gasteiger charge is 2.20. The summed E-state index contributed by atoms with van der Waals surface area (Å²) in [4.78, 5) is 38.1. The van der Waals surface area contributed by atoms with Crippen LogP contribution in [0.4, 0.5) is 17.3 Å². The highest BCUT2D eigenvalue weighted by atomic mass is 16.2. The zero-order valence-electron chi connectivity index (χ0n) is 19.8. The molecule has 1 aliphatic heterocycles. The number of rotatable bonds is 8. The molecule has 4 rings (SSSR count). The lowest BCUT2D eigenvalue weighted by molar-refractivity contribution is -0.115. The maximum Gasteiger partial charge on any atom is 0.253 e. The average Bonchev–Trinajstić information content (AvgIpc) is 2.99. The number of anilines is 3. The molecule has 0 spiro atoms. The van der Waals surface area contributed by atoms with E-state index in [1.165, 1.54) is 0 Å². The van der Waals surface area contributed by atoms with Crippen LogP contribution in [-0.4, -0.2) is 64.8 Å². The van der Waals surface area contributed by atoms with Crippen LogP contribution in [0.15, 0.2) is 54.7 Å². The molecule has 0 bridgehead atoms. The maximum atomic E-state index is 12.8. The van der Waals surface area contributed by atoms with Gasteiger partial charge in [-0.25, -0.2) is 9.97 Å². The van der Waals surface area contributed by atoms with Gasteiger partial charge in [-0.2, -0.15) is 0 Å². The zero-order chi connectivity index (χ0) is 24.1. The number of likely N-dealkylation sites (N-methyl/N-ethyl adjacent to an activating group) is 2. The number of nitrogens with one attached hydrogen (secondary N) is 2. The molecule has 0 saturated heterocycles. The Balaban J connectivity index is 1.47. The van der Waals surface area contributed by atoms with Crippen LogP contribution in [0.2, 0.25) is 0 Å². The number of carbonyl (C=O) groups is 2. The molecule has 0 saturated carbocycles. The summed E-state index contributed by atoms with van der Waals surface area (Å²) >= 11 is 0. The highest BCUT2D eigenvalue weighted by molar-refractivity contribution is 6.00. The predicted molar refractivity (Wildman–Crippen MR) is 134 cm³/mol. The van der Waals surface area contributed by atoms with Crippen LogP contribution in [0.25, 0.3) is 11.3 Å². The van der Waals surface area contributed by atoms with Crippen LogP contribution in [0.1, 0.15) is 29.8 Å². The van der Waals surface area contributed by atoms with E-state index in [-0.39, 0.29) is 18.2 Å². The van der Waals surface area contributed by atoms with E-state index >= 15 is 0 Å². The van der Waals surface area contributed by atoms with Gasteiger partial charge in [0, 0.05) is 48.7 Å². The molecule has 0 radical (unpaired) electrons. The molecule has 2 aromatic carbocycles. The predicted octanol–water partition coefficient (Wildman–Crippen LogP) is 3.80. The molecule has 0 aliphatic carbocycles. The van der Waals surface area contributed by atoms with Gasteiger partial charge in [0.1, 0.15) is 0 Å². The standard InChI is InChI=1S/C26H30N6O2/c1-4-32(5-2)15-14-31(3)25(34)18-10-12-20(13-11-18)28-26-27-17-19-16-23(33)29-22-9-7-6-8-21(22)24(19)30-26/h6-13,17H,4-5,14-16H2,1-3H3,(H,29,33)(H,27,28,30). The Labute approximate surface area is 200 Å². The number of amides is 2. The minimum absolute atomic E-state index is 0.00578. The third kappa shape index (κ3) is 5.23. The summed E-state index contributed by atoms with van der Waals surface area (Å²) in [7, 11) is 1.83. The van der Waals surface area contributed by atoms with Crippen molar-refractivity contribution in [1.82, 2.24) is 19.8 Å². The summed E-state index contributed by atoms with van der Waals surface area (Å²) in [5.74, 6) is 0.338. The van der Waals surface area contributed by atoms with Gasteiger partial charge in [0.15, 0.2) is 0 Å². The first-order valence-corrected chi connectivity index (χ1v) is 11.6. The van der Waals surface area contributed by atoms with Crippen molar-refractivity contribution in [2.24, 2.45) is 0 Å². The summed E-state index contributed by atoms with van der Waals surface area (Å²) in [6.45, 7) is 7.74. The van der Waals surface area contributed by atoms with Gasteiger partial charge in [0.25, 0.3) is 5.91 Å². The summed E-state index contributed by atoms with van der Waals surface area (Å²) < 4.78 is 0. The molecule has 2 amide bonds. The van der Waals surface area contributed by atoms with Gasteiger partial charge in [0.05, 0.1) is 17.8 Å². The molecule has 1 aromatic heterocycles. The Kier molecular flexibility index (Phi) is 7.18. The van der Waals surface area contributed by atoms with Crippen LogP contribution < -0.4 is 10.6 Å². The number of hydrogen-bond donors (Lipinski definition) is 2. The van der Waals surface area contributed by atoms with Gasteiger partial charge in [-0.05, 0) is 43.4 Å². The Morgan fingerprint density at radius 2 is 1.79 bits per heavy atom. The summed E-state index contributed by atoms with van der Waals surface area (Å²) in [6.07, 6.45) is 1.91. The van der Waals surface area contributed by atoms with E-state index in [0.717, 1.165) is 47.8 Å². The number of para-hydroxylation sites is 1. The van der Waals surface area contributed by atoms with Crippen molar-refractivity contribution in [2.45, 2.75) is 20.3 Å². The van der Waals surface area contributed by atoms with E-state index in [4.69, 9.17) is 4.98 Å². The van der Waals surface area contributed by atoms with Crippen LogP contribution >= 0.6 is 0 Å². The van der Waals surface area contributed by atoms with Crippen LogP contribution in [0.3, 0.4) is 0 Å². The third-order valence-corrected chi connectivity index (χ3v) is 6.05. The first-order chi connectivity index (χ1) is 16.5. The number of carbonyl (C=O) groups excluding carboxylic acids is 2. The van der Waals surface area contributed by atoms with Gasteiger partial charge in [-0.15, -0.1) is 0 Å². The van der Waals surface area contributed by atoms with Crippen LogP contribution in [0, 0.1) is 0 Å². The molecule has 34 heavy (non-hydrogen) atoms. The van der Waals surface area contributed by atoms with Crippen LogP contribution in [-0.2, 0) is 11.2 Å². The molecule has 2 N–H and O–H groups in total. The average molecular weight is 459 g/mol. The number of benzene rings is 2. The van der Waals surface area contributed by atoms with Crippen LogP contribution in [0.5, 0.6) is 0 Å². The normalized spacial score (nSPS) is 12.4. The topological polar surface area (TPSA) is 90.5 Å². The van der Waals surface area contributed by atoms with Crippen molar-refractivity contribution in [3.05, 3.63) is 65.9 Å². The fourth-order valence-electron chi connectivity index (χ4n) is 3.97. The van der Waals surface area contributed by atoms with E-state index in [1.54, 1.807) is 23.2 Å². The van der Waals surface area contributed by atoms with Crippen molar-refractivity contribution in [3.8, 4) is 11.3 Å². The molecule has 2 heterocycles. The number of nitrogens with zero attached hydrogens (tertiary/aromatic N) is 4. The second-order valence-electron chi connectivity index (χ2n) is 8.29. The van der Waals surface area contributed by atoms with Crippen molar-refractivity contribution < 1.29 is 9.59 Å². The van der Waals surface area contributed by atoms with Gasteiger partial charge >= 0.3 is 0 Å². The van der Waals surface area contributed by atoms with E-state index < -0.39 is 0 Å². The van der Waals surface area contributed by atoms with Gasteiger partial charge in [-0.1, -0.05) is 32.0 Å². The van der Waals surface area contributed by atoms with E-state index in [1.807, 2.05) is 43.4 Å². The molecule has 0 fully saturated rings. The Morgan fingerprint density at radius 3 is 2.53 bits per heavy atom. The first-order valence-electron chi connectivity index (χ1n) is 11.6. The van der Waals surface area contributed by atoms with Gasteiger partial charge < -0.3 is 20.4 Å². The maximum absolute atomic E-state index is 12.8. The molecule has 8 heteroatoms. The molecular weight excluding hydrogens is 428 g/mol. The smallest absolute Gasteiger partial charge is 0.253 e. The second-order valence-corrected chi connectivity index (χ2v) is 8.29. The number of hydrogen-bond acceptors (Lipinski definition) is 6. The Bertz CT molecular complexity index is 1170. The monoisotopic (exact) mass is 458 g/mol. The molecular formula is C26H30N6O2. The highest BCUT2D eigenvalue weighted by Crippen LogP contribution is 2.32. The summed E-state index contributed by atoms with van der Waals surface area (Å²) in [6, 6.07) is 14.9. The van der Waals surface area contributed by atoms with Gasteiger partial charge in [-0.3, -0.25) is 9.59 Å². The lowest BCUT2D eigenvalue weighted by Crippen LogP contribution is -2.36. The fraction of sp³-hybridized carbons (Fsp3) is 0.308. The zero-order valence-corrected chi connectivity index (χ0v) is 19.8. The Hall–Kier alpha value is -3.78. The van der Waals surface area contributed by atoms with E-state index in [2.05, 4.69) is 34.4 Å². The van der Waals surface area contributed by atoms with Crippen molar-refractivity contribution in [1.29, 1.82) is 0 Å². The molecule has 0 unspecified atom stereocenters. The molecule has 0 atom stereocenters. The lowest BCUT2D eigenvalue weighted by atomic mass is 10.1. The second kappa shape index (κ2) is 10.4. The Morgan fingerprint density at radius 1 is 1.06 bits per heavy atom. The number of fused-ring (bicyclic) bond motifs is 3. The lowest BCUT2D eigenvalue weighted by Gasteiger charge is -2.23. The minimum Gasteiger partial charge on any atom is -0.340 e. The largest absolute Gasteiger partial charge is 0.340 e. The third-order valence-electron chi connectivity index (χ3n) is 6.05. The van der Waals surface area contributed by atoms with Crippen molar-refractivity contribution in [3.63, 3.8) is 0 Å². The van der Waals surface area contributed by atoms with Gasteiger partial charge in [0.2, 0.25) is 11.9 Å². The molecule has 1 aliphatic rings. The fourth-order valence-corrected chi connectivity index (χ4v) is 3.97. The van der Waals surface area contributed by atoms with E-state index in [9.17, 15) is 9.59 Å². The summed E-state index contributed by atoms with van der Waals surface area (Å²) in [5, 5.41) is 6.13. The molecule has 8 nitrogen and oxygen atoms in total. The van der Waals surface area contributed by atoms with Crippen molar-refractivity contribution in [2.75, 3.05) is 43.9 Å². The van der Waals surface area contributed by atoms with Crippen molar-refractivity contribution >= 4 is 29.1 Å². The minimum atomic E-state index is -0.0853. The summed E-state index contributed by atoms with van der Waals surface area (Å²) in [5.41, 5.74) is 4.52.